The third-order valence-electron chi connectivity index (χ3n) is 3.81. The molecule has 0 spiro atoms. The van der Waals surface area contributed by atoms with Gasteiger partial charge in [-0.15, -0.1) is 4.41 Å². The molecule has 6 nitrogen and oxygen atoms in total. The third kappa shape index (κ3) is 4.52. The molecule has 138 valence electrons. The van der Waals surface area contributed by atoms with Gasteiger partial charge in [-0.25, -0.2) is 0 Å². The van der Waals surface area contributed by atoms with E-state index < -0.39 is 10.0 Å². The van der Waals surface area contributed by atoms with Gasteiger partial charge in [0.25, 0.3) is 0 Å². The molecule has 0 aliphatic rings. The van der Waals surface area contributed by atoms with Crippen molar-refractivity contribution in [1.29, 1.82) is 0 Å². The van der Waals surface area contributed by atoms with E-state index in [1.807, 2.05) is 36.4 Å². The van der Waals surface area contributed by atoms with Gasteiger partial charge in [0.15, 0.2) is 5.69 Å². The first-order valence-electron chi connectivity index (χ1n) is 8.34. The van der Waals surface area contributed by atoms with Crippen LogP contribution in [0.4, 0.5) is 17.1 Å². The summed E-state index contributed by atoms with van der Waals surface area (Å²) in [6, 6.07) is 24.2. The number of rotatable bonds is 6. The van der Waals surface area contributed by atoms with Crippen LogP contribution in [-0.4, -0.2) is 14.3 Å². The zero-order valence-electron chi connectivity index (χ0n) is 14.7. The molecule has 1 amide bonds. The lowest BCUT2D eigenvalue weighted by Crippen LogP contribution is -2.90. The predicted molar refractivity (Wildman–Crippen MR) is 105 cm³/mol. The van der Waals surface area contributed by atoms with E-state index in [1.165, 1.54) is 23.5 Å². The van der Waals surface area contributed by atoms with Gasteiger partial charge < -0.3 is 5.32 Å². The number of anilines is 2. The van der Waals surface area contributed by atoms with E-state index in [9.17, 15) is 13.2 Å². The molecule has 0 bridgehead atoms. The van der Waals surface area contributed by atoms with E-state index >= 15 is 0 Å². The van der Waals surface area contributed by atoms with Crippen LogP contribution in [0.1, 0.15) is 6.92 Å². The highest BCUT2D eigenvalue weighted by Crippen LogP contribution is 2.21. The second-order valence-corrected chi connectivity index (χ2v) is 7.70. The second-order valence-electron chi connectivity index (χ2n) is 5.88. The maximum Gasteiger partial charge on any atom is 0.305 e. The van der Waals surface area contributed by atoms with Crippen LogP contribution in [0.25, 0.3) is 0 Å². The fourth-order valence-electron chi connectivity index (χ4n) is 2.56. The van der Waals surface area contributed by atoms with Gasteiger partial charge >= 0.3 is 10.0 Å². The van der Waals surface area contributed by atoms with E-state index in [0.29, 0.717) is 11.4 Å². The molecule has 3 aromatic rings. The van der Waals surface area contributed by atoms with Crippen molar-refractivity contribution in [3.05, 3.63) is 84.9 Å². The SMILES string of the molecule is CC(=O)Nc1ccc(S(=O)(=O)N([NH2+]c2ccccc2)c2ccccc2)cc1. The summed E-state index contributed by atoms with van der Waals surface area (Å²) in [6.45, 7) is 1.40. The van der Waals surface area contributed by atoms with Gasteiger partial charge in [-0.2, -0.15) is 13.8 Å². The number of benzene rings is 3. The van der Waals surface area contributed by atoms with Gasteiger partial charge in [0.1, 0.15) is 5.69 Å². The summed E-state index contributed by atoms with van der Waals surface area (Å²) in [5.41, 5.74) is 3.43. The molecule has 0 atom stereocenters. The number of sulfonamides is 1. The molecular formula is C20H20N3O3S+. The summed E-state index contributed by atoms with van der Waals surface area (Å²) in [6.07, 6.45) is 0. The Labute approximate surface area is 158 Å². The van der Waals surface area contributed by atoms with Crippen LogP contribution < -0.4 is 15.2 Å². The monoisotopic (exact) mass is 382 g/mol. The van der Waals surface area contributed by atoms with Gasteiger partial charge in [0.05, 0.1) is 4.90 Å². The van der Waals surface area contributed by atoms with Crippen LogP contribution in [0.5, 0.6) is 0 Å². The highest BCUT2D eigenvalue weighted by Gasteiger charge is 2.28. The van der Waals surface area contributed by atoms with Crippen LogP contribution in [0.15, 0.2) is 89.8 Å². The second kappa shape index (κ2) is 8.03. The van der Waals surface area contributed by atoms with E-state index in [4.69, 9.17) is 0 Å². The van der Waals surface area contributed by atoms with Crippen molar-refractivity contribution >= 4 is 33.0 Å². The number of para-hydroxylation sites is 1. The Morgan fingerprint density at radius 2 is 1.41 bits per heavy atom. The number of nitrogens with two attached hydrogens (primary N) is 1. The molecule has 0 saturated heterocycles. The van der Waals surface area contributed by atoms with E-state index in [2.05, 4.69) is 5.32 Å². The Hall–Kier alpha value is -3.16. The largest absolute Gasteiger partial charge is 0.326 e. The number of hydrogen-bond acceptors (Lipinski definition) is 3. The Kier molecular flexibility index (Phi) is 5.54. The zero-order valence-corrected chi connectivity index (χ0v) is 15.6. The van der Waals surface area contributed by atoms with Crippen molar-refractivity contribution in [3.63, 3.8) is 0 Å². The molecule has 0 aliphatic carbocycles. The van der Waals surface area contributed by atoms with Crippen LogP contribution in [-0.2, 0) is 14.8 Å². The van der Waals surface area contributed by atoms with Crippen molar-refractivity contribution in [2.75, 3.05) is 9.73 Å². The Morgan fingerprint density at radius 1 is 0.852 bits per heavy atom. The molecule has 0 radical (unpaired) electrons. The molecule has 3 aromatic carbocycles. The Bertz CT molecular complexity index is 1010. The number of carbonyl (C=O) groups excluding carboxylic acids is 1. The standard InChI is InChI=1S/C20H19N3O3S/c1-16(24)21-17-12-14-20(15-13-17)27(25,26)23(19-10-6-3-7-11-19)22-18-8-4-2-5-9-18/h2-15,22H,1H3,(H,21,24)/p+1. The molecule has 3 N–H and O–H groups in total. The highest BCUT2D eigenvalue weighted by molar-refractivity contribution is 7.92. The summed E-state index contributed by atoms with van der Waals surface area (Å²) in [5, 5.41) is 2.63. The molecule has 27 heavy (non-hydrogen) atoms. The number of amides is 1. The lowest BCUT2D eigenvalue weighted by molar-refractivity contribution is -0.566. The number of nitrogens with one attached hydrogen (secondary N) is 1. The van der Waals surface area contributed by atoms with Gasteiger partial charge in [0.2, 0.25) is 5.91 Å². The third-order valence-corrected chi connectivity index (χ3v) is 5.51. The average molecular weight is 382 g/mol. The Morgan fingerprint density at radius 3 is 1.96 bits per heavy atom. The van der Waals surface area contributed by atoms with Gasteiger partial charge in [-0.3, -0.25) is 4.79 Å². The quantitative estimate of drug-likeness (QED) is 0.391. The summed E-state index contributed by atoms with van der Waals surface area (Å²) < 4.78 is 27.8. The first-order chi connectivity index (χ1) is 13.0. The van der Waals surface area contributed by atoms with Crippen molar-refractivity contribution < 1.29 is 18.6 Å². The minimum absolute atomic E-state index is 0.132. The van der Waals surface area contributed by atoms with E-state index in [0.717, 1.165) is 5.69 Å². The minimum Gasteiger partial charge on any atom is -0.326 e. The number of quaternary nitrogens is 1. The molecule has 3 rings (SSSR count). The number of hydrogen-bond donors (Lipinski definition) is 2. The smallest absolute Gasteiger partial charge is 0.305 e. The topological polar surface area (TPSA) is 83.1 Å². The normalized spacial score (nSPS) is 11.0. The van der Waals surface area contributed by atoms with E-state index in [-0.39, 0.29) is 10.8 Å². The van der Waals surface area contributed by atoms with Gasteiger partial charge in [-0.05, 0) is 36.4 Å². The molecule has 0 aliphatic heterocycles. The first kappa shape index (κ1) is 18.6. The van der Waals surface area contributed by atoms with Crippen LogP contribution in [0.2, 0.25) is 0 Å². The van der Waals surface area contributed by atoms with E-state index in [1.54, 1.807) is 41.8 Å². The fraction of sp³-hybridized carbons (Fsp3) is 0.0500. The molecule has 0 aromatic heterocycles. The van der Waals surface area contributed by atoms with Crippen LogP contribution >= 0.6 is 0 Å². The maximum atomic E-state index is 13.3. The Balaban J connectivity index is 1.98. The molecular weight excluding hydrogens is 362 g/mol. The zero-order chi connectivity index (χ0) is 19.3. The van der Waals surface area contributed by atoms with Crippen molar-refractivity contribution in [3.8, 4) is 0 Å². The molecule has 0 heterocycles. The van der Waals surface area contributed by atoms with Crippen molar-refractivity contribution in [2.24, 2.45) is 0 Å². The predicted octanol–water partition coefficient (Wildman–Crippen LogP) is 2.65. The number of nitrogens with zero attached hydrogens (tertiary/aromatic N) is 1. The fourth-order valence-corrected chi connectivity index (χ4v) is 3.93. The van der Waals surface area contributed by atoms with Gasteiger partial charge in [0, 0.05) is 24.7 Å². The van der Waals surface area contributed by atoms with Gasteiger partial charge in [-0.1, -0.05) is 36.4 Å². The van der Waals surface area contributed by atoms with Crippen molar-refractivity contribution in [1.82, 2.24) is 0 Å². The summed E-state index contributed by atoms with van der Waals surface area (Å²) in [5.74, 6) is -0.214. The molecule has 0 saturated carbocycles. The first-order valence-corrected chi connectivity index (χ1v) is 9.78. The highest BCUT2D eigenvalue weighted by atomic mass is 32.2. The molecule has 7 heteroatoms. The number of carbonyl (C=O) groups is 1. The lowest BCUT2D eigenvalue weighted by Gasteiger charge is -2.21. The summed E-state index contributed by atoms with van der Waals surface area (Å²) in [4.78, 5) is 11.3. The minimum atomic E-state index is -3.83. The van der Waals surface area contributed by atoms with Crippen LogP contribution in [0.3, 0.4) is 0 Å². The van der Waals surface area contributed by atoms with Crippen molar-refractivity contribution in [2.45, 2.75) is 11.8 Å². The summed E-state index contributed by atoms with van der Waals surface area (Å²) >= 11 is 0. The maximum absolute atomic E-state index is 13.3. The molecule has 0 unspecified atom stereocenters. The van der Waals surface area contributed by atoms with Crippen LogP contribution in [0, 0.1) is 0 Å². The average Bonchev–Trinajstić information content (AvgIpc) is 2.67. The lowest BCUT2D eigenvalue weighted by atomic mass is 10.3. The summed E-state index contributed by atoms with van der Waals surface area (Å²) in [7, 11) is -3.83. The molecule has 0 fully saturated rings.